The van der Waals surface area contributed by atoms with Crippen LogP contribution in [-0.4, -0.2) is 0 Å². The SMILES string of the molecule is C.C.C.C.C.C.C.C.C.C.C.F.I.I.N.P.P.S.S.S.S.S.[2HH].[2HH].[3HH].[3HH].[3HH].[H-].[K+].[V].[V].[W].[Y].[Y]. The zero-order valence-corrected chi connectivity index (χ0v) is 36.3. The Morgan fingerprint density at radius 1 is 0.464 bits per heavy atom. The fraction of sp³-hybridized carbons (Fsp3) is 1.00. The summed E-state index contributed by atoms with van der Waals surface area (Å²) in [6, 6.07) is 0. The third-order valence-corrected chi connectivity index (χ3v) is 0. The van der Waals surface area contributed by atoms with Crippen LogP contribution in [0.4, 0.5) is 4.70 Å². The zero-order chi connectivity index (χ0) is 0. The van der Waals surface area contributed by atoms with Gasteiger partial charge in [-0.3, -0.25) is 4.70 Å². The predicted octanol–water partition coefficient (Wildman–Crippen LogP) is 7.56. The third kappa shape index (κ3) is 459. The standard InChI is InChI=1S/11CH4.FH.2HI.K.H3N.2H3P.5H2S.2V.W.2Y.5H2.H/h11*1H4;3*1H;;3*1H3;5*1H2;;;;;;5*1H;/q;;;;;;;;;;;;;;+1;;;;;;;;;;;;;;;;;;;-1/i;;;;;;;;;;;;;;;;;;;;;;;;;;;;3*1+2;2*1+1;. The molecule has 17 heteroatoms. The Hall–Kier alpha value is 9.66. The van der Waals surface area contributed by atoms with E-state index in [1.807, 2.05) is 0 Å². The normalized spacial score (nSPS) is 0. The van der Waals surface area contributed by atoms with Crippen molar-refractivity contribution in [1.29, 1.82) is 0 Å². The van der Waals surface area contributed by atoms with Crippen LogP contribution >= 0.6 is 135 Å². The van der Waals surface area contributed by atoms with E-state index >= 15 is 0 Å². The van der Waals surface area contributed by atoms with Gasteiger partial charge in [0.2, 0.25) is 0 Å². The van der Waals surface area contributed by atoms with Crippen molar-refractivity contribution in [2.45, 2.75) is 81.7 Å². The van der Waals surface area contributed by atoms with Gasteiger partial charge < -0.3 is 7.58 Å². The van der Waals surface area contributed by atoms with Gasteiger partial charge in [-0.25, -0.2) is 0 Å². The van der Waals surface area contributed by atoms with Crippen molar-refractivity contribution < 1.29 is 188 Å². The molecule has 0 aromatic heterocycles. The van der Waals surface area contributed by atoms with Crippen molar-refractivity contribution in [1.82, 2.24) is 6.15 Å². The van der Waals surface area contributed by atoms with E-state index in [1.54, 1.807) is 0 Å². The Morgan fingerprint density at radius 2 is 0.464 bits per heavy atom. The van der Waals surface area contributed by atoms with Gasteiger partial charge in [0.1, 0.15) is 0 Å². The van der Waals surface area contributed by atoms with E-state index in [0.29, 0.717) is 0 Å². The van der Waals surface area contributed by atoms with Crippen molar-refractivity contribution in [3.05, 3.63) is 0 Å². The van der Waals surface area contributed by atoms with Gasteiger partial charge in [0.15, 0.2) is 0 Å². The number of halogens is 3. The van der Waals surface area contributed by atoms with Crippen LogP contribution in [0, 0.1) is 0 Å². The number of rotatable bonds is 0. The molecule has 0 rings (SSSR count). The van der Waals surface area contributed by atoms with Gasteiger partial charge in [-0.15, -0.1) is 48.0 Å². The molecular weight excluding hydrogens is 1140 g/mol. The van der Waals surface area contributed by atoms with Crippen LogP contribution in [-0.2, 0) is 124 Å². The van der Waals surface area contributed by atoms with Gasteiger partial charge in [-0.05, 0) is 0 Å². The zero-order valence-electron chi connectivity index (χ0n) is 10.3. The van der Waals surface area contributed by atoms with Crippen LogP contribution in [0.2, 0.25) is 0 Å². The summed E-state index contributed by atoms with van der Waals surface area (Å²) >= 11 is 0. The summed E-state index contributed by atoms with van der Waals surface area (Å²) in [5, 5.41) is 0. The van der Waals surface area contributed by atoms with E-state index in [1.165, 1.54) is 0 Å². The van der Waals surface area contributed by atoms with E-state index in [4.69, 9.17) is 0 Å². The second kappa shape index (κ2) is 499. The Labute approximate surface area is 402 Å². The molecule has 0 aliphatic heterocycles. The second-order valence-electron chi connectivity index (χ2n) is 0. The third-order valence-electron chi connectivity index (χ3n) is 0. The molecule has 0 fully saturated rings. The van der Waals surface area contributed by atoms with E-state index in [2.05, 4.69) is 0 Å². The first-order valence-electron chi connectivity index (χ1n) is 0. The molecule has 0 bridgehead atoms. The molecule has 1 nitrogen and oxygen atoms in total. The molecule has 0 aliphatic carbocycles. The summed E-state index contributed by atoms with van der Waals surface area (Å²) in [6.45, 7) is 0. The minimum absolute atomic E-state index is 0. The molecule has 28 heavy (non-hydrogen) atoms. The van der Waals surface area contributed by atoms with Crippen molar-refractivity contribution >= 4 is 135 Å². The Kier molecular flexibility index (Phi) is 9670. The minimum Gasteiger partial charge on any atom is -1.00 e. The first kappa shape index (κ1) is 542. The summed E-state index contributed by atoms with van der Waals surface area (Å²) in [4.78, 5) is 0. The minimum atomic E-state index is 0. The van der Waals surface area contributed by atoms with Gasteiger partial charge in [0.25, 0.3) is 0 Å². The first-order valence-corrected chi connectivity index (χ1v) is 0. The Bertz CT molecular complexity index is 99.8. The van der Waals surface area contributed by atoms with Crippen molar-refractivity contribution in [2.75, 3.05) is 0 Å². The van der Waals surface area contributed by atoms with Crippen LogP contribution in [0.25, 0.3) is 0 Å². The summed E-state index contributed by atoms with van der Waals surface area (Å²) in [6.07, 6.45) is 0. The van der Waals surface area contributed by atoms with Crippen LogP contribution in [0.15, 0.2) is 0 Å². The fourth-order valence-corrected chi connectivity index (χ4v) is 0. The summed E-state index contributed by atoms with van der Waals surface area (Å²) < 4.78 is 0. The van der Waals surface area contributed by atoms with Crippen molar-refractivity contribution in [3.8, 4) is 0 Å². The number of hydrogen-bond donors (Lipinski definition) is 1. The topological polar surface area (TPSA) is 35.0 Å². The molecule has 0 aromatic carbocycles. The average Bonchev–Trinajstić information content (AvgIpc) is 0. The summed E-state index contributed by atoms with van der Waals surface area (Å²) in [5.41, 5.74) is 0. The molecule has 2 unspecified atom stereocenters. The molecule has 3 N–H and O–H groups in total. The first-order chi connectivity index (χ1) is 0. The van der Waals surface area contributed by atoms with Gasteiger partial charge >= 0.3 is 51.4 Å². The molecule has 2 atom stereocenters. The van der Waals surface area contributed by atoms with E-state index in [-0.39, 0.29) is 411 Å². The molecule has 0 amide bonds. The molecule has 0 aliphatic rings. The molecule has 0 saturated carbocycles. The maximum atomic E-state index is 0. The van der Waals surface area contributed by atoms with Gasteiger partial charge in [-0.1, -0.05) is 81.7 Å². The molecule has 0 saturated heterocycles. The summed E-state index contributed by atoms with van der Waals surface area (Å²) in [7, 11) is 0. The summed E-state index contributed by atoms with van der Waals surface area (Å²) in [5.74, 6) is 0. The molecule has 0 aromatic rings. The van der Waals surface area contributed by atoms with Crippen LogP contribution in [0.3, 0.4) is 0 Å². The van der Waals surface area contributed by atoms with E-state index < -0.39 is 0 Å². The Morgan fingerprint density at radius 3 is 0.464 bits per heavy atom. The van der Waals surface area contributed by atoms with Crippen molar-refractivity contribution in [2.24, 2.45) is 0 Å². The van der Waals surface area contributed by atoms with Crippen LogP contribution in [0.1, 0.15) is 90.3 Å². The molecule has 4 radical (unpaired) electrons. The Balaban J connectivity index is 0. The smallest absolute Gasteiger partial charge is 1.00 e. The quantitative estimate of drug-likeness (QED) is 0.152. The van der Waals surface area contributed by atoms with Crippen LogP contribution < -0.4 is 57.5 Å². The van der Waals surface area contributed by atoms with Crippen molar-refractivity contribution in [3.63, 3.8) is 0 Å². The van der Waals surface area contributed by atoms with Gasteiger partial charge in [0, 0.05) is 131 Å². The maximum absolute atomic E-state index is 0. The second-order valence-corrected chi connectivity index (χ2v) is 0. The van der Waals surface area contributed by atoms with Crippen LogP contribution in [0.5, 0.6) is 0 Å². The van der Waals surface area contributed by atoms with Gasteiger partial charge in [0.05, 0.1) is 0 Å². The number of hydrogen-bond acceptors (Lipinski definition) is 1. The molecule has 210 valence electrons. The largest absolute Gasteiger partial charge is 1.00 e. The predicted molar refractivity (Wildman–Crippen MR) is 198 cm³/mol. The molecular formula is C11H77FI2KNP2S5V2WY2. The van der Waals surface area contributed by atoms with Gasteiger partial charge in [-0.2, -0.15) is 87.3 Å². The average molecular weight is 1230 g/mol. The van der Waals surface area contributed by atoms with E-state index in [9.17, 15) is 0 Å². The maximum Gasteiger partial charge on any atom is 1.00 e. The monoisotopic (exact) mass is 1230 g/mol. The molecule has 0 spiro atoms. The molecule has 0 heterocycles. The fourth-order valence-electron chi connectivity index (χ4n) is 0. The van der Waals surface area contributed by atoms with E-state index in [0.717, 1.165) is 0 Å².